The van der Waals surface area contributed by atoms with Crippen molar-refractivity contribution in [3.8, 4) is 0 Å². The van der Waals surface area contributed by atoms with Crippen molar-refractivity contribution in [2.24, 2.45) is 0 Å². The lowest BCUT2D eigenvalue weighted by Crippen LogP contribution is -2.37. The van der Waals surface area contributed by atoms with Crippen molar-refractivity contribution in [1.29, 1.82) is 0 Å². The Balaban J connectivity index is 3.22. The molecule has 14 heavy (non-hydrogen) atoms. The van der Waals surface area contributed by atoms with Gasteiger partial charge in [-0.25, -0.2) is 0 Å². The van der Waals surface area contributed by atoms with Crippen LogP contribution in [0.2, 0.25) is 0 Å². The van der Waals surface area contributed by atoms with Crippen molar-refractivity contribution in [3.63, 3.8) is 0 Å². The maximum atomic E-state index is 10.7. The van der Waals surface area contributed by atoms with Crippen LogP contribution in [0.5, 0.6) is 0 Å². The van der Waals surface area contributed by atoms with Crippen molar-refractivity contribution in [1.82, 2.24) is 10.6 Å². The van der Waals surface area contributed by atoms with Crippen molar-refractivity contribution in [3.05, 3.63) is 0 Å². The van der Waals surface area contributed by atoms with Gasteiger partial charge in [0.05, 0.1) is 6.61 Å². The Labute approximate surface area is 93.2 Å². The van der Waals surface area contributed by atoms with Gasteiger partial charge in [0.25, 0.3) is 0 Å². The SMILES string of the molecule is COCCNC(=S)NCCCS(C)=O. The van der Waals surface area contributed by atoms with Gasteiger partial charge in [0.15, 0.2) is 5.11 Å². The van der Waals surface area contributed by atoms with Crippen LogP contribution in [0.1, 0.15) is 6.42 Å². The number of hydrogen-bond acceptors (Lipinski definition) is 3. The molecule has 4 nitrogen and oxygen atoms in total. The quantitative estimate of drug-likeness (QED) is 0.478. The van der Waals surface area contributed by atoms with Gasteiger partial charge in [-0.2, -0.15) is 0 Å². The molecular formula is C8H18N2O2S2. The number of rotatable bonds is 7. The fourth-order valence-electron chi connectivity index (χ4n) is 0.806. The molecule has 0 aromatic carbocycles. The minimum atomic E-state index is -0.711. The van der Waals surface area contributed by atoms with Crippen LogP contribution in [-0.4, -0.2) is 48.1 Å². The molecule has 84 valence electrons. The molecule has 0 aromatic rings. The molecule has 0 amide bonds. The summed E-state index contributed by atoms with van der Waals surface area (Å²) in [6.07, 6.45) is 2.57. The molecule has 0 heterocycles. The van der Waals surface area contributed by atoms with E-state index in [4.69, 9.17) is 17.0 Å². The summed E-state index contributed by atoms with van der Waals surface area (Å²) in [5.74, 6) is 0.716. The Hall–Kier alpha value is -0.200. The summed E-state index contributed by atoms with van der Waals surface area (Å²) in [4.78, 5) is 0. The summed E-state index contributed by atoms with van der Waals surface area (Å²) in [5, 5.41) is 6.65. The van der Waals surface area contributed by atoms with Gasteiger partial charge >= 0.3 is 0 Å². The molecule has 0 saturated heterocycles. The fourth-order valence-corrected chi connectivity index (χ4v) is 1.56. The fraction of sp³-hybridized carbons (Fsp3) is 0.875. The topological polar surface area (TPSA) is 50.4 Å². The van der Waals surface area contributed by atoms with Crippen LogP contribution in [-0.2, 0) is 15.5 Å². The minimum absolute atomic E-state index is 0.629. The van der Waals surface area contributed by atoms with E-state index in [1.54, 1.807) is 13.4 Å². The van der Waals surface area contributed by atoms with Crippen LogP contribution in [0.25, 0.3) is 0 Å². The molecule has 0 aromatic heterocycles. The van der Waals surface area contributed by atoms with Crippen LogP contribution in [0.3, 0.4) is 0 Å². The summed E-state index contributed by atoms with van der Waals surface area (Å²) in [5.41, 5.74) is 0. The van der Waals surface area contributed by atoms with E-state index in [2.05, 4.69) is 10.6 Å². The molecule has 6 heteroatoms. The lowest BCUT2D eigenvalue weighted by Gasteiger charge is -2.09. The summed E-state index contributed by atoms with van der Waals surface area (Å²) in [6, 6.07) is 0. The Morgan fingerprint density at radius 2 is 2.07 bits per heavy atom. The highest BCUT2D eigenvalue weighted by Crippen LogP contribution is 1.81. The second kappa shape index (κ2) is 9.36. The van der Waals surface area contributed by atoms with Crippen LogP contribution >= 0.6 is 12.2 Å². The van der Waals surface area contributed by atoms with Gasteiger partial charge in [0, 0.05) is 43.0 Å². The molecule has 2 N–H and O–H groups in total. The number of ether oxygens (including phenoxy) is 1. The molecule has 1 atom stereocenters. The standard InChI is InChI=1S/C8H18N2O2S2/c1-12-6-5-10-8(13)9-4-3-7-14(2)11/h3-7H2,1-2H3,(H2,9,10,13). The molecule has 0 bridgehead atoms. The first-order chi connectivity index (χ1) is 6.66. The summed E-state index contributed by atoms with van der Waals surface area (Å²) in [7, 11) is 0.937. The van der Waals surface area contributed by atoms with Gasteiger partial charge in [0.1, 0.15) is 0 Å². The second-order valence-electron chi connectivity index (χ2n) is 2.81. The van der Waals surface area contributed by atoms with Crippen molar-refractivity contribution in [2.45, 2.75) is 6.42 Å². The molecule has 0 spiro atoms. The summed E-state index contributed by atoms with van der Waals surface area (Å²) < 4.78 is 15.6. The highest BCUT2D eigenvalue weighted by molar-refractivity contribution is 7.84. The van der Waals surface area contributed by atoms with Crippen molar-refractivity contribution >= 4 is 28.1 Å². The normalized spacial score (nSPS) is 12.1. The molecule has 0 rings (SSSR count). The molecular weight excluding hydrogens is 220 g/mol. The summed E-state index contributed by atoms with van der Waals surface area (Å²) >= 11 is 4.99. The van der Waals surface area contributed by atoms with Gasteiger partial charge in [-0.1, -0.05) is 0 Å². The third-order valence-electron chi connectivity index (χ3n) is 1.49. The van der Waals surface area contributed by atoms with E-state index in [1.807, 2.05) is 0 Å². The predicted molar refractivity (Wildman–Crippen MR) is 64.0 cm³/mol. The minimum Gasteiger partial charge on any atom is -0.383 e. The molecule has 0 aliphatic rings. The van der Waals surface area contributed by atoms with E-state index in [9.17, 15) is 4.21 Å². The van der Waals surface area contributed by atoms with Crippen LogP contribution < -0.4 is 10.6 Å². The molecule has 0 saturated carbocycles. The van der Waals surface area contributed by atoms with E-state index in [1.165, 1.54) is 0 Å². The zero-order chi connectivity index (χ0) is 10.8. The van der Waals surface area contributed by atoms with Crippen LogP contribution in [0, 0.1) is 0 Å². The predicted octanol–water partition coefficient (Wildman–Crippen LogP) is -0.134. The first-order valence-electron chi connectivity index (χ1n) is 4.47. The first kappa shape index (κ1) is 13.8. The number of nitrogens with one attached hydrogen (secondary N) is 2. The maximum Gasteiger partial charge on any atom is 0.166 e. The highest BCUT2D eigenvalue weighted by Gasteiger charge is 1.95. The smallest absolute Gasteiger partial charge is 0.166 e. The van der Waals surface area contributed by atoms with Crippen LogP contribution in [0.4, 0.5) is 0 Å². The molecule has 0 radical (unpaired) electrons. The Bertz CT molecular complexity index is 188. The van der Waals surface area contributed by atoms with Gasteiger partial charge in [-0.3, -0.25) is 4.21 Å². The lowest BCUT2D eigenvalue weighted by atomic mass is 10.5. The Kier molecular flexibility index (Phi) is 9.23. The third kappa shape index (κ3) is 9.88. The Morgan fingerprint density at radius 1 is 1.43 bits per heavy atom. The van der Waals surface area contributed by atoms with E-state index < -0.39 is 10.8 Å². The zero-order valence-corrected chi connectivity index (χ0v) is 10.3. The third-order valence-corrected chi connectivity index (χ3v) is 2.64. The summed E-state index contributed by atoms with van der Waals surface area (Å²) in [6.45, 7) is 2.11. The van der Waals surface area contributed by atoms with E-state index in [0.717, 1.165) is 13.0 Å². The maximum absolute atomic E-state index is 10.7. The zero-order valence-electron chi connectivity index (χ0n) is 8.67. The average molecular weight is 238 g/mol. The van der Waals surface area contributed by atoms with Crippen molar-refractivity contribution in [2.75, 3.05) is 38.8 Å². The number of methoxy groups -OCH3 is 1. The molecule has 0 aliphatic carbocycles. The van der Waals surface area contributed by atoms with Gasteiger partial charge in [-0.05, 0) is 18.6 Å². The number of thiocarbonyl (C=S) groups is 1. The molecule has 1 unspecified atom stereocenters. The van der Waals surface area contributed by atoms with Crippen LogP contribution in [0.15, 0.2) is 0 Å². The van der Waals surface area contributed by atoms with E-state index >= 15 is 0 Å². The van der Waals surface area contributed by atoms with Crippen molar-refractivity contribution < 1.29 is 8.95 Å². The number of hydrogen-bond donors (Lipinski definition) is 2. The van der Waals surface area contributed by atoms with Gasteiger partial charge < -0.3 is 15.4 Å². The Morgan fingerprint density at radius 3 is 2.64 bits per heavy atom. The largest absolute Gasteiger partial charge is 0.383 e. The monoisotopic (exact) mass is 238 g/mol. The van der Waals surface area contributed by atoms with Gasteiger partial charge in [0.2, 0.25) is 0 Å². The first-order valence-corrected chi connectivity index (χ1v) is 6.61. The van der Waals surface area contributed by atoms with E-state index in [-0.39, 0.29) is 0 Å². The second-order valence-corrected chi connectivity index (χ2v) is 4.77. The lowest BCUT2D eigenvalue weighted by molar-refractivity contribution is 0.204. The highest BCUT2D eigenvalue weighted by atomic mass is 32.2. The molecule has 0 fully saturated rings. The van der Waals surface area contributed by atoms with E-state index in [0.29, 0.717) is 24.0 Å². The average Bonchev–Trinajstić information content (AvgIpc) is 2.13. The van der Waals surface area contributed by atoms with Gasteiger partial charge in [-0.15, -0.1) is 0 Å². The molecule has 0 aliphatic heterocycles.